The van der Waals surface area contributed by atoms with E-state index in [0.717, 1.165) is 84.0 Å². The van der Waals surface area contributed by atoms with Gasteiger partial charge in [-0.25, -0.2) is 4.52 Å². The summed E-state index contributed by atoms with van der Waals surface area (Å²) in [6, 6.07) is 19.7. The van der Waals surface area contributed by atoms with Gasteiger partial charge in [-0.1, -0.05) is 47.7 Å². The van der Waals surface area contributed by atoms with Gasteiger partial charge in [0.05, 0.1) is 29.5 Å². The highest BCUT2D eigenvalue weighted by atomic mass is 15.4. The first-order valence-electron chi connectivity index (χ1n) is 13.8. The Morgan fingerprint density at radius 3 is 2.79 bits per heavy atom. The molecule has 1 unspecified atom stereocenters. The van der Waals surface area contributed by atoms with Gasteiger partial charge >= 0.3 is 0 Å². The van der Waals surface area contributed by atoms with Gasteiger partial charge in [0.2, 0.25) is 0 Å². The van der Waals surface area contributed by atoms with Crippen LogP contribution in [0.3, 0.4) is 0 Å². The molecule has 0 bridgehead atoms. The summed E-state index contributed by atoms with van der Waals surface area (Å²) in [4.78, 5) is 2.62. The number of hydrogen-bond donors (Lipinski definition) is 2. The zero-order chi connectivity index (χ0) is 25.6. The normalized spacial score (nSPS) is 20.9. The molecule has 0 spiro atoms. The summed E-state index contributed by atoms with van der Waals surface area (Å²) < 4.78 is 3.93. The van der Waals surface area contributed by atoms with Crippen molar-refractivity contribution in [3.8, 4) is 11.1 Å². The number of hydrogen-bond acceptors (Lipinski definition) is 6. The molecule has 4 heterocycles. The van der Waals surface area contributed by atoms with Crippen LogP contribution in [-0.4, -0.2) is 55.2 Å². The molecular formula is C30H34N8. The van der Waals surface area contributed by atoms with E-state index in [1.165, 1.54) is 18.5 Å². The number of likely N-dealkylation sites (tertiary alicyclic amines) is 1. The average Bonchev–Trinajstić information content (AvgIpc) is 3.26. The van der Waals surface area contributed by atoms with Crippen molar-refractivity contribution in [2.75, 3.05) is 25.4 Å². The van der Waals surface area contributed by atoms with Crippen LogP contribution >= 0.6 is 0 Å². The van der Waals surface area contributed by atoms with E-state index in [-0.39, 0.29) is 0 Å². The van der Waals surface area contributed by atoms with Gasteiger partial charge in [-0.15, -0.1) is 5.10 Å². The average molecular weight is 507 g/mol. The van der Waals surface area contributed by atoms with Crippen molar-refractivity contribution in [3.63, 3.8) is 0 Å². The zero-order valence-electron chi connectivity index (χ0n) is 21.6. The number of fused-ring (bicyclic) bond motifs is 3. The molecule has 1 aliphatic carbocycles. The third kappa shape index (κ3) is 4.23. The Bertz CT molecular complexity index is 1590. The Morgan fingerprint density at radius 1 is 1.03 bits per heavy atom. The van der Waals surface area contributed by atoms with Crippen molar-refractivity contribution >= 4 is 22.1 Å². The predicted octanol–water partition coefficient (Wildman–Crippen LogP) is 3.98. The van der Waals surface area contributed by atoms with Gasteiger partial charge in [0.25, 0.3) is 0 Å². The molecule has 7 rings (SSSR count). The predicted molar refractivity (Wildman–Crippen MR) is 151 cm³/mol. The van der Waals surface area contributed by atoms with Crippen molar-refractivity contribution in [2.45, 2.75) is 38.3 Å². The molecule has 0 radical (unpaired) electrons. The Morgan fingerprint density at radius 2 is 1.92 bits per heavy atom. The van der Waals surface area contributed by atoms with Crippen LogP contribution in [0.25, 0.3) is 27.5 Å². The number of piperidine rings is 1. The van der Waals surface area contributed by atoms with Gasteiger partial charge in [-0.05, 0) is 67.3 Å². The van der Waals surface area contributed by atoms with Crippen LogP contribution in [0.5, 0.6) is 0 Å². The Balaban J connectivity index is 1.12. The quantitative estimate of drug-likeness (QED) is 0.293. The topological polar surface area (TPSA) is 103 Å². The first kappa shape index (κ1) is 23.4. The fraction of sp³-hybridized carbons (Fsp3) is 0.367. The fourth-order valence-corrected chi connectivity index (χ4v) is 6.48. The molecule has 3 aromatic heterocycles. The number of nitrogens with two attached hydrogens (primary N) is 2. The summed E-state index contributed by atoms with van der Waals surface area (Å²) in [6.45, 7) is 3.90. The van der Waals surface area contributed by atoms with Gasteiger partial charge in [0.1, 0.15) is 0 Å². The highest BCUT2D eigenvalue weighted by Gasteiger charge is 2.51. The monoisotopic (exact) mass is 506 g/mol. The summed E-state index contributed by atoms with van der Waals surface area (Å²) in [7, 11) is 0. The van der Waals surface area contributed by atoms with Gasteiger partial charge in [0, 0.05) is 42.0 Å². The number of nitrogen functional groups attached to an aromatic ring is 1. The summed E-state index contributed by atoms with van der Waals surface area (Å²) in [5.41, 5.74) is 19.6. The summed E-state index contributed by atoms with van der Waals surface area (Å²) >= 11 is 0. The van der Waals surface area contributed by atoms with E-state index < -0.39 is 0 Å². The maximum atomic E-state index is 6.43. The summed E-state index contributed by atoms with van der Waals surface area (Å²) in [6.07, 6.45) is 8.31. The molecule has 38 heavy (non-hydrogen) atoms. The van der Waals surface area contributed by atoms with Gasteiger partial charge in [0.15, 0.2) is 0 Å². The van der Waals surface area contributed by atoms with Crippen LogP contribution in [0.1, 0.15) is 30.5 Å². The van der Waals surface area contributed by atoms with E-state index in [2.05, 4.69) is 69.9 Å². The van der Waals surface area contributed by atoms with E-state index in [1.807, 2.05) is 15.3 Å². The zero-order valence-corrected chi connectivity index (χ0v) is 21.6. The standard InChI is InChI=1S/C30H34N8/c31-15-29-25-12-23(25)18-36(29)11-5-4-8-24-14-26(30-27(32)16-33-35-38(24)30)21-9-10-22-19-37(34-28(22)13-21)17-20-6-2-1-3-7-20/h1-3,6-7,9-10,13-14,16,19,23,25,29H,4-5,8,11-12,15,17-18,31-32H2/t23-,25?,29+/m0/s1. The SMILES string of the molecule is NC[C@@H]1C2C[C@H]2CN1CCCCc1cc(-c2ccc3cn(Cc4ccccc4)nc3c2)c2c(N)cnnn12. The lowest BCUT2D eigenvalue weighted by atomic mass is 10.0. The number of anilines is 1. The largest absolute Gasteiger partial charge is 0.396 e. The molecule has 1 aliphatic heterocycles. The molecular weight excluding hydrogens is 472 g/mol. The van der Waals surface area contributed by atoms with Crippen LogP contribution in [0.2, 0.25) is 0 Å². The number of aromatic nitrogens is 5. The second kappa shape index (κ2) is 9.53. The van der Waals surface area contributed by atoms with Crippen molar-refractivity contribution in [1.29, 1.82) is 0 Å². The van der Waals surface area contributed by atoms with Crippen molar-refractivity contribution in [2.24, 2.45) is 17.6 Å². The molecule has 3 atom stereocenters. The van der Waals surface area contributed by atoms with Crippen molar-refractivity contribution in [3.05, 3.63) is 78.2 Å². The smallest absolute Gasteiger partial charge is 0.0990 e. The molecule has 4 N–H and O–H groups in total. The molecule has 2 fully saturated rings. The second-order valence-corrected chi connectivity index (χ2v) is 11.0. The lowest BCUT2D eigenvalue weighted by Crippen LogP contribution is -2.39. The van der Waals surface area contributed by atoms with Crippen molar-refractivity contribution < 1.29 is 0 Å². The Kier molecular flexibility index (Phi) is 5.86. The minimum Gasteiger partial charge on any atom is -0.396 e. The number of benzene rings is 2. The molecule has 8 nitrogen and oxygen atoms in total. The Labute approximate surface area is 222 Å². The van der Waals surface area contributed by atoms with Crippen LogP contribution in [0, 0.1) is 11.8 Å². The van der Waals surface area contributed by atoms with E-state index in [9.17, 15) is 0 Å². The lowest BCUT2D eigenvalue weighted by molar-refractivity contribution is 0.220. The third-order valence-electron chi connectivity index (χ3n) is 8.49. The highest BCUT2D eigenvalue weighted by Crippen LogP contribution is 2.49. The summed E-state index contributed by atoms with van der Waals surface area (Å²) in [5.74, 6) is 1.76. The maximum absolute atomic E-state index is 6.43. The Hall–Kier alpha value is -3.75. The second-order valence-electron chi connectivity index (χ2n) is 11.0. The number of unbranched alkanes of at least 4 members (excludes halogenated alkanes) is 1. The van der Waals surface area contributed by atoms with Crippen LogP contribution in [0.4, 0.5) is 5.69 Å². The number of rotatable bonds is 9. The van der Waals surface area contributed by atoms with E-state index in [4.69, 9.17) is 16.6 Å². The number of nitrogens with zero attached hydrogens (tertiary/aromatic N) is 6. The first-order valence-corrected chi connectivity index (χ1v) is 13.8. The number of aryl methyl sites for hydroxylation is 1. The minimum atomic E-state index is 0.595. The third-order valence-corrected chi connectivity index (χ3v) is 8.49. The van der Waals surface area contributed by atoms with Gasteiger partial charge < -0.3 is 11.5 Å². The maximum Gasteiger partial charge on any atom is 0.0990 e. The molecule has 2 aliphatic rings. The molecule has 8 heteroatoms. The van der Waals surface area contributed by atoms with Crippen molar-refractivity contribution in [1.82, 2.24) is 29.5 Å². The highest BCUT2D eigenvalue weighted by molar-refractivity contribution is 5.93. The van der Waals surface area contributed by atoms with Gasteiger partial charge in [-0.3, -0.25) is 9.58 Å². The van der Waals surface area contributed by atoms with Crippen LogP contribution in [0.15, 0.2) is 67.0 Å². The molecule has 1 saturated carbocycles. The van der Waals surface area contributed by atoms with Crippen LogP contribution in [-0.2, 0) is 13.0 Å². The van der Waals surface area contributed by atoms with E-state index >= 15 is 0 Å². The summed E-state index contributed by atoms with van der Waals surface area (Å²) in [5, 5.41) is 14.6. The molecule has 194 valence electrons. The van der Waals surface area contributed by atoms with Crippen LogP contribution < -0.4 is 11.5 Å². The van der Waals surface area contributed by atoms with E-state index in [1.54, 1.807) is 6.20 Å². The fourth-order valence-electron chi connectivity index (χ4n) is 6.48. The van der Waals surface area contributed by atoms with Gasteiger partial charge in [-0.2, -0.15) is 5.10 Å². The molecule has 2 aromatic carbocycles. The molecule has 0 amide bonds. The first-order chi connectivity index (χ1) is 18.7. The van der Waals surface area contributed by atoms with E-state index in [0.29, 0.717) is 11.7 Å². The molecule has 5 aromatic rings. The minimum absolute atomic E-state index is 0.595. The molecule has 1 saturated heterocycles. The lowest BCUT2D eigenvalue weighted by Gasteiger charge is -2.26.